The summed E-state index contributed by atoms with van der Waals surface area (Å²) < 4.78 is 31.3. The molecule has 0 bridgehead atoms. The van der Waals surface area contributed by atoms with E-state index in [9.17, 15) is 18.0 Å². The smallest absolute Gasteiger partial charge is 0.339 e. The summed E-state index contributed by atoms with van der Waals surface area (Å²) in [6.45, 7) is 5.91. The number of carbonyl (C=O) groups excluding carboxylic acids is 2. The fraction of sp³-hybridized carbons (Fsp3) is 0.444. The molecule has 1 amide bonds. The summed E-state index contributed by atoms with van der Waals surface area (Å²) >= 11 is 0. The van der Waals surface area contributed by atoms with E-state index in [1.54, 1.807) is 0 Å². The molecular formula is C18H26N2O5S. The highest BCUT2D eigenvalue weighted by atomic mass is 32.2. The molecule has 1 rings (SSSR count). The van der Waals surface area contributed by atoms with Gasteiger partial charge in [-0.15, -0.1) is 6.58 Å². The Kier molecular flexibility index (Phi) is 9.01. The van der Waals surface area contributed by atoms with Crippen LogP contribution in [0.2, 0.25) is 0 Å². The van der Waals surface area contributed by atoms with Crippen molar-refractivity contribution in [2.45, 2.75) is 31.1 Å². The van der Waals surface area contributed by atoms with Crippen molar-refractivity contribution in [3.05, 3.63) is 42.5 Å². The minimum absolute atomic E-state index is 0.114. The van der Waals surface area contributed by atoms with E-state index in [1.165, 1.54) is 37.5 Å². The summed E-state index contributed by atoms with van der Waals surface area (Å²) in [5.41, 5.74) is -0.118. The second-order valence-corrected chi connectivity index (χ2v) is 7.42. The molecule has 1 aromatic rings. The van der Waals surface area contributed by atoms with Gasteiger partial charge in [0.15, 0.2) is 0 Å². The topological polar surface area (TPSA) is 92.8 Å². The van der Waals surface area contributed by atoms with Crippen LogP contribution in [-0.4, -0.2) is 51.3 Å². The third kappa shape index (κ3) is 5.67. The van der Waals surface area contributed by atoms with Crippen LogP contribution >= 0.6 is 0 Å². The number of methoxy groups -OCH3 is 1. The van der Waals surface area contributed by atoms with Crippen LogP contribution in [0.15, 0.2) is 41.8 Å². The lowest BCUT2D eigenvalue weighted by Crippen LogP contribution is -2.42. The van der Waals surface area contributed by atoms with Gasteiger partial charge < -0.3 is 10.1 Å². The van der Waals surface area contributed by atoms with Gasteiger partial charge in [-0.3, -0.25) is 4.79 Å². The summed E-state index contributed by atoms with van der Waals surface area (Å²) in [6, 6.07) is 5.64. The van der Waals surface area contributed by atoms with Gasteiger partial charge in [0.2, 0.25) is 0 Å². The molecule has 0 saturated carbocycles. The second-order valence-electron chi connectivity index (χ2n) is 5.59. The number of unbranched alkanes of at least 4 members (excludes halogenated alkanes) is 2. The highest BCUT2D eigenvalue weighted by Gasteiger charge is 2.31. The lowest BCUT2D eigenvalue weighted by molar-refractivity contribution is -0.125. The Hall–Kier alpha value is -2.19. The number of amides is 1. The third-order valence-electron chi connectivity index (χ3n) is 3.67. The molecule has 0 atom stereocenters. The summed E-state index contributed by atoms with van der Waals surface area (Å²) in [5.74, 6) is -1.39. The highest BCUT2D eigenvalue weighted by molar-refractivity contribution is 7.89. The summed E-state index contributed by atoms with van der Waals surface area (Å²) in [7, 11) is -3.06. The Morgan fingerprint density at radius 3 is 2.58 bits per heavy atom. The van der Waals surface area contributed by atoms with Crippen LogP contribution in [0.4, 0.5) is 0 Å². The number of hydrogen-bond donors (Lipinski definition) is 1. The van der Waals surface area contributed by atoms with Gasteiger partial charge in [-0.1, -0.05) is 38.0 Å². The van der Waals surface area contributed by atoms with Crippen molar-refractivity contribution in [1.82, 2.24) is 9.62 Å². The molecular weight excluding hydrogens is 356 g/mol. The highest BCUT2D eigenvalue weighted by Crippen LogP contribution is 2.21. The lowest BCUT2D eigenvalue weighted by atomic mass is 10.2. The molecule has 0 heterocycles. The molecule has 0 fully saturated rings. The number of rotatable bonds is 11. The van der Waals surface area contributed by atoms with E-state index in [1.807, 2.05) is 0 Å². The molecule has 26 heavy (non-hydrogen) atoms. The number of hydrogen-bond acceptors (Lipinski definition) is 6. The van der Waals surface area contributed by atoms with E-state index in [0.29, 0.717) is 10.8 Å². The van der Waals surface area contributed by atoms with Crippen LogP contribution in [0.25, 0.3) is 0 Å². The van der Waals surface area contributed by atoms with Crippen LogP contribution in [-0.2, 0) is 19.6 Å². The van der Waals surface area contributed by atoms with Crippen molar-refractivity contribution in [2.75, 3.05) is 26.7 Å². The summed E-state index contributed by atoms with van der Waals surface area (Å²) in [5, 5.41) is 2.95. The van der Waals surface area contributed by atoms with Crippen molar-refractivity contribution in [2.24, 2.45) is 0 Å². The van der Waals surface area contributed by atoms with Crippen molar-refractivity contribution in [1.29, 1.82) is 0 Å². The molecule has 0 aliphatic heterocycles. The van der Waals surface area contributed by atoms with Gasteiger partial charge in [-0.05, 0) is 25.1 Å². The fourth-order valence-electron chi connectivity index (χ4n) is 2.32. The first-order chi connectivity index (χ1) is 12.4. The zero-order valence-electron chi connectivity index (χ0n) is 15.2. The predicted octanol–water partition coefficient (Wildman–Crippen LogP) is 1.96. The molecule has 8 heteroatoms. The number of benzene rings is 1. The number of nitrogens with one attached hydrogen (secondary N) is 1. The molecule has 1 N–H and O–H groups in total. The van der Waals surface area contributed by atoms with E-state index in [2.05, 4.69) is 23.6 Å². The van der Waals surface area contributed by atoms with E-state index < -0.39 is 21.9 Å². The zero-order valence-corrected chi connectivity index (χ0v) is 16.0. The lowest BCUT2D eigenvalue weighted by Gasteiger charge is -2.22. The summed E-state index contributed by atoms with van der Waals surface area (Å²) in [6.07, 6.45) is 4.32. The maximum Gasteiger partial charge on any atom is 0.339 e. The standard InChI is InChI=1S/C18H26N2O5S/c1-4-6-9-12-19-14-17(21)20(13-5-2)26(23,24)16-11-8-7-10-15(16)18(22)25-3/h5,7-8,10-11,19H,2,4,6,9,12-14H2,1,3H3. The molecule has 0 aliphatic carbocycles. The van der Waals surface area contributed by atoms with E-state index in [4.69, 9.17) is 0 Å². The first kappa shape index (κ1) is 21.9. The van der Waals surface area contributed by atoms with Gasteiger partial charge >= 0.3 is 5.97 Å². The van der Waals surface area contributed by atoms with Crippen LogP contribution in [0.5, 0.6) is 0 Å². The Labute approximate surface area is 155 Å². The van der Waals surface area contributed by atoms with Crippen LogP contribution in [0.3, 0.4) is 0 Å². The average Bonchev–Trinajstić information content (AvgIpc) is 2.64. The Balaban J connectivity index is 3.06. The van der Waals surface area contributed by atoms with Crippen LogP contribution < -0.4 is 5.32 Å². The van der Waals surface area contributed by atoms with Gasteiger partial charge in [0.1, 0.15) is 4.90 Å². The van der Waals surface area contributed by atoms with E-state index in [-0.39, 0.29) is 23.5 Å². The van der Waals surface area contributed by atoms with Gasteiger partial charge in [-0.25, -0.2) is 17.5 Å². The van der Waals surface area contributed by atoms with Crippen molar-refractivity contribution >= 4 is 21.9 Å². The zero-order chi connectivity index (χ0) is 19.6. The van der Waals surface area contributed by atoms with E-state index >= 15 is 0 Å². The SMILES string of the molecule is C=CCN(C(=O)CNCCCCC)S(=O)(=O)c1ccccc1C(=O)OC. The van der Waals surface area contributed by atoms with Crippen LogP contribution in [0, 0.1) is 0 Å². The molecule has 0 radical (unpaired) electrons. The first-order valence-electron chi connectivity index (χ1n) is 8.44. The predicted molar refractivity (Wildman–Crippen MR) is 99.3 cm³/mol. The molecule has 7 nitrogen and oxygen atoms in total. The van der Waals surface area contributed by atoms with Crippen molar-refractivity contribution < 1.29 is 22.7 Å². The molecule has 0 aliphatic rings. The van der Waals surface area contributed by atoms with Gasteiger partial charge in [0.25, 0.3) is 15.9 Å². The van der Waals surface area contributed by atoms with Gasteiger partial charge in [0.05, 0.1) is 25.8 Å². The van der Waals surface area contributed by atoms with Gasteiger partial charge in [0, 0.05) is 0 Å². The normalized spacial score (nSPS) is 11.0. The fourth-order valence-corrected chi connectivity index (χ4v) is 3.88. The second kappa shape index (κ2) is 10.7. The minimum Gasteiger partial charge on any atom is -0.465 e. The van der Waals surface area contributed by atoms with Gasteiger partial charge in [-0.2, -0.15) is 0 Å². The van der Waals surface area contributed by atoms with E-state index in [0.717, 1.165) is 19.3 Å². The molecule has 144 valence electrons. The third-order valence-corrected chi connectivity index (χ3v) is 5.51. The monoisotopic (exact) mass is 382 g/mol. The number of carbonyl (C=O) groups is 2. The maximum atomic E-state index is 13.0. The Bertz CT molecular complexity index is 731. The molecule has 1 aromatic carbocycles. The average molecular weight is 382 g/mol. The van der Waals surface area contributed by atoms with Crippen molar-refractivity contribution in [3.8, 4) is 0 Å². The minimum atomic E-state index is -4.22. The van der Waals surface area contributed by atoms with Crippen molar-refractivity contribution in [3.63, 3.8) is 0 Å². The molecule has 0 aromatic heterocycles. The quantitative estimate of drug-likeness (QED) is 0.357. The maximum absolute atomic E-state index is 13.0. The Morgan fingerprint density at radius 2 is 1.96 bits per heavy atom. The number of ether oxygens (including phenoxy) is 1. The summed E-state index contributed by atoms with van der Waals surface area (Å²) in [4.78, 5) is 24.1. The molecule has 0 saturated heterocycles. The Morgan fingerprint density at radius 1 is 1.27 bits per heavy atom. The first-order valence-corrected chi connectivity index (χ1v) is 9.88. The molecule has 0 spiro atoms. The van der Waals surface area contributed by atoms with Crippen LogP contribution in [0.1, 0.15) is 36.5 Å². The molecule has 0 unspecified atom stereocenters. The largest absolute Gasteiger partial charge is 0.465 e. The number of sulfonamides is 1. The number of nitrogens with zero attached hydrogens (tertiary/aromatic N) is 1. The number of esters is 1.